The van der Waals surface area contributed by atoms with Crippen molar-refractivity contribution in [3.8, 4) is 5.69 Å². The van der Waals surface area contributed by atoms with E-state index in [4.69, 9.17) is 0 Å². The van der Waals surface area contributed by atoms with Crippen LogP contribution in [0.25, 0.3) is 16.9 Å². The number of anilines is 1. The van der Waals surface area contributed by atoms with E-state index in [-0.39, 0.29) is 22.7 Å². The Balaban J connectivity index is 1.61. The normalized spacial score (nSPS) is 11.0. The van der Waals surface area contributed by atoms with Gasteiger partial charge in [-0.15, -0.1) is 0 Å². The molecular formula is C21H19N5O2S. The topological polar surface area (TPSA) is 92.7 Å². The number of hydrogen-bond acceptors (Lipinski definition) is 5. The SMILES string of the molecule is Cc1ccc(NC(=O)CSc2nc3c(=O)[nH]cnc3n2-c2ccccc2)c(C)c1. The number of amides is 1. The van der Waals surface area contributed by atoms with Gasteiger partial charge in [0, 0.05) is 11.4 Å². The van der Waals surface area contributed by atoms with Crippen LogP contribution in [0.3, 0.4) is 0 Å². The number of aromatic amines is 1. The molecule has 146 valence electrons. The van der Waals surface area contributed by atoms with Gasteiger partial charge in [0.2, 0.25) is 5.91 Å². The Hall–Kier alpha value is -3.39. The van der Waals surface area contributed by atoms with E-state index in [1.165, 1.54) is 18.1 Å². The highest BCUT2D eigenvalue weighted by atomic mass is 32.2. The molecule has 1 amide bonds. The molecular weight excluding hydrogens is 386 g/mol. The average Bonchev–Trinajstić information content (AvgIpc) is 3.09. The van der Waals surface area contributed by atoms with Crippen molar-refractivity contribution in [2.24, 2.45) is 0 Å². The molecule has 0 saturated heterocycles. The molecule has 4 aromatic rings. The molecule has 2 heterocycles. The molecule has 0 aliphatic rings. The van der Waals surface area contributed by atoms with Crippen LogP contribution in [0.4, 0.5) is 5.69 Å². The lowest BCUT2D eigenvalue weighted by molar-refractivity contribution is -0.113. The largest absolute Gasteiger partial charge is 0.325 e. The van der Waals surface area contributed by atoms with Crippen LogP contribution in [-0.2, 0) is 4.79 Å². The van der Waals surface area contributed by atoms with Gasteiger partial charge >= 0.3 is 0 Å². The van der Waals surface area contributed by atoms with Crippen molar-refractivity contribution < 1.29 is 4.79 Å². The number of hydrogen-bond donors (Lipinski definition) is 2. The first-order valence-corrected chi connectivity index (χ1v) is 10.0. The summed E-state index contributed by atoms with van der Waals surface area (Å²) in [6.45, 7) is 3.97. The van der Waals surface area contributed by atoms with Gasteiger partial charge in [-0.1, -0.05) is 47.7 Å². The quantitative estimate of drug-likeness (QED) is 0.496. The lowest BCUT2D eigenvalue weighted by atomic mass is 10.1. The number of carbonyl (C=O) groups is 1. The van der Waals surface area contributed by atoms with Crippen molar-refractivity contribution in [2.45, 2.75) is 19.0 Å². The molecule has 0 unspecified atom stereocenters. The fourth-order valence-corrected chi connectivity index (χ4v) is 3.87. The summed E-state index contributed by atoms with van der Waals surface area (Å²) in [7, 11) is 0. The minimum Gasteiger partial charge on any atom is -0.325 e. The Morgan fingerprint density at radius 1 is 1.17 bits per heavy atom. The average molecular weight is 405 g/mol. The molecule has 0 radical (unpaired) electrons. The molecule has 0 bridgehead atoms. The summed E-state index contributed by atoms with van der Waals surface area (Å²) >= 11 is 1.26. The second kappa shape index (κ2) is 7.92. The van der Waals surface area contributed by atoms with E-state index in [1.807, 2.05) is 62.4 Å². The van der Waals surface area contributed by atoms with Crippen LogP contribution < -0.4 is 10.9 Å². The lowest BCUT2D eigenvalue weighted by Gasteiger charge is -2.10. The number of aryl methyl sites for hydroxylation is 2. The number of fused-ring (bicyclic) bond motifs is 1. The molecule has 0 aliphatic heterocycles. The molecule has 2 aromatic carbocycles. The number of thioether (sulfide) groups is 1. The molecule has 0 spiro atoms. The van der Waals surface area contributed by atoms with Crippen LogP contribution in [0.2, 0.25) is 0 Å². The lowest BCUT2D eigenvalue weighted by Crippen LogP contribution is -2.15. The van der Waals surface area contributed by atoms with E-state index >= 15 is 0 Å². The third kappa shape index (κ3) is 3.93. The number of carbonyl (C=O) groups excluding carboxylic acids is 1. The summed E-state index contributed by atoms with van der Waals surface area (Å²) in [5, 5.41) is 3.47. The monoisotopic (exact) mass is 405 g/mol. The summed E-state index contributed by atoms with van der Waals surface area (Å²) < 4.78 is 1.79. The van der Waals surface area contributed by atoms with Gasteiger partial charge in [0.15, 0.2) is 16.3 Å². The third-order valence-electron chi connectivity index (χ3n) is 4.42. The van der Waals surface area contributed by atoms with Crippen LogP contribution in [0.5, 0.6) is 0 Å². The molecule has 2 N–H and O–H groups in total. The number of aromatic nitrogens is 4. The minimum atomic E-state index is -0.314. The first-order valence-electron chi connectivity index (χ1n) is 9.04. The fraction of sp³-hybridized carbons (Fsp3) is 0.143. The zero-order valence-electron chi connectivity index (χ0n) is 16.0. The van der Waals surface area contributed by atoms with Gasteiger partial charge in [-0.3, -0.25) is 14.2 Å². The Morgan fingerprint density at radius 2 is 1.97 bits per heavy atom. The molecule has 0 aliphatic carbocycles. The second-order valence-corrected chi connectivity index (χ2v) is 7.57. The van der Waals surface area contributed by atoms with E-state index in [0.717, 1.165) is 22.5 Å². The van der Waals surface area contributed by atoms with Crippen LogP contribution in [0, 0.1) is 13.8 Å². The maximum atomic E-state index is 12.5. The summed E-state index contributed by atoms with van der Waals surface area (Å²) in [6.07, 6.45) is 1.35. The highest BCUT2D eigenvalue weighted by molar-refractivity contribution is 7.99. The van der Waals surface area contributed by atoms with Crippen molar-refractivity contribution in [2.75, 3.05) is 11.1 Å². The van der Waals surface area contributed by atoms with E-state index < -0.39 is 0 Å². The zero-order chi connectivity index (χ0) is 20.4. The number of imidazole rings is 1. The Kier molecular flexibility index (Phi) is 5.18. The van der Waals surface area contributed by atoms with Crippen molar-refractivity contribution in [1.29, 1.82) is 0 Å². The molecule has 2 aromatic heterocycles. The molecule has 0 fully saturated rings. The van der Waals surface area contributed by atoms with Gasteiger partial charge < -0.3 is 10.3 Å². The summed E-state index contributed by atoms with van der Waals surface area (Å²) in [4.78, 5) is 35.9. The van der Waals surface area contributed by atoms with Gasteiger partial charge in [0.25, 0.3) is 5.56 Å². The molecule has 0 atom stereocenters. The van der Waals surface area contributed by atoms with Gasteiger partial charge in [-0.25, -0.2) is 9.97 Å². The zero-order valence-corrected chi connectivity index (χ0v) is 16.8. The molecule has 0 saturated carbocycles. The van der Waals surface area contributed by atoms with Crippen molar-refractivity contribution in [3.63, 3.8) is 0 Å². The van der Waals surface area contributed by atoms with Gasteiger partial charge in [0.1, 0.15) is 0 Å². The van der Waals surface area contributed by atoms with Crippen molar-refractivity contribution in [3.05, 3.63) is 76.3 Å². The van der Waals surface area contributed by atoms with E-state index in [1.54, 1.807) is 4.57 Å². The number of nitrogens with one attached hydrogen (secondary N) is 2. The Bertz CT molecular complexity index is 1250. The van der Waals surface area contributed by atoms with Crippen LogP contribution >= 0.6 is 11.8 Å². The van der Waals surface area contributed by atoms with Gasteiger partial charge in [-0.2, -0.15) is 0 Å². The molecule has 7 nitrogen and oxygen atoms in total. The number of rotatable bonds is 5. The highest BCUT2D eigenvalue weighted by Crippen LogP contribution is 2.26. The number of para-hydroxylation sites is 1. The predicted octanol–water partition coefficient (Wildman–Crippen LogP) is 3.46. The fourth-order valence-electron chi connectivity index (χ4n) is 3.06. The molecule has 4 rings (SSSR count). The Morgan fingerprint density at radius 3 is 2.72 bits per heavy atom. The van der Waals surface area contributed by atoms with Crippen molar-refractivity contribution in [1.82, 2.24) is 19.5 Å². The highest BCUT2D eigenvalue weighted by Gasteiger charge is 2.17. The Labute approximate surface area is 171 Å². The van der Waals surface area contributed by atoms with Crippen LogP contribution in [-0.4, -0.2) is 31.2 Å². The first-order chi connectivity index (χ1) is 14.0. The van der Waals surface area contributed by atoms with Crippen LogP contribution in [0.15, 0.2) is 64.8 Å². The number of H-pyrrole nitrogens is 1. The van der Waals surface area contributed by atoms with Gasteiger partial charge in [-0.05, 0) is 37.6 Å². The van der Waals surface area contributed by atoms with E-state index in [0.29, 0.717) is 10.8 Å². The smallest absolute Gasteiger partial charge is 0.278 e. The number of benzene rings is 2. The maximum absolute atomic E-state index is 12.5. The van der Waals surface area contributed by atoms with Crippen LogP contribution in [0.1, 0.15) is 11.1 Å². The standard InChI is InChI=1S/C21H19N5O2S/c1-13-8-9-16(14(2)10-13)24-17(27)11-29-21-25-18-19(22-12-23-20(18)28)26(21)15-6-4-3-5-7-15/h3-10,12H,11H2,1-2H3,(H,24,27)(H,22,23,28). The molecule has 29 heavy (non-hydrogen) atoms. The summed E-state index contributed by atoms with van der Waals surface area (Å²) in [5.41, 5.74) is 4.15. The summed E-state index contributed by atoms with van der Waals surface area (Å²) in [5.74, 6) is 0.0111. The van der Waals surface area contributed by atoms with E-state index in [9.17, 15) is 9.59 Å². The number of nitrogens with zero attached hydrogens (tertiary/aromatic N) is 3. The second-order valence-electron chi connectivity index (χ2n) is 6.62. The van der Waals surface area contributed by atoms with Gasteiger partial charge in [0.05, 0.1) is 12.1 Å². The van der Waals surface area contributed by atoms with E-state index in [2.05, 4.69) is 20.3 Å². The molecule has 8 heteroatoms. The summed E-state index contributed by atoms with van der Waals surface area (Å²) in [6, 6.07) is 15.4. The predicted molar refractivity (Wildman–Crippen MR) is 115 cm³/mol. The first kappa shape index (κ1) is 18.9. The minimum absolute atomic E-state index is 0.143. The maximum Gasteiger partial charge on any atom is 0.278 e. The van der Waals surface area contributed by atoms with Crippen molar-refractivity contribution >= 4 is 34.5 Å². The third-order valence-corrected chi connectivity index (χ3v) is 5.36.